The number of hydrogen-bond acceptors (Lipinski definition) is 6. The highest BCUT2D eigenvalue weighted by atomic mass is 19.1. The first-order chi connectivity index (χ1) is 21.9. The maximum atomic E-state index is 14.2. The second kappa shape index (κ2) is 14.8. The summed E-state index contributed by atoms with van der Waals surface area (Å²) in [5.74, 6) is 0.860. The van der Waals surface area contributed by atoms with E-state index in [9.17, 15) is 18.8 Å². The van der Waals surface area contributed by atoms with Gasteiger partial charge in [0.05, 0.1) is 12.6 Å². The van der Waals surface area contributed by atoms with Gasteiger partial charge in [0.2, 0.25) is 5.91 Å². The highest BCUT2D eigenvalue weighted by Gasteiger charge is 2.46. The van der Waals surface area contributed by atoms with Gasteiger partial charge in [-0.15, -0.1) is 0 Å². The minimum atomic E-state index is -0.522. The molecule has 2 saturated heterocycles. The molecule has 2 aliphatic carbocycles. The molecule has 8 nitrogen and oxygen atoms in total. The van der Waals surface area contributed by atoms with Crippen molar-refractivity contribution < 1.29 is 28.2 Å². The number of ketones is 1. The fourth-order valence-corrected chi connectivity index (χ4v) is 8.58. The third-order valence-electron chi connectivity index (χ3n) is 11.3. The molecule has 0 spiro atoms. The predicted octanol–water partition coefficient (Wildman–Crippen LogP) is 5.76. The van der Waals surface area contributed by atoms with Crippen molar-refractivity contribution in [1.82, 2.24) is 9.88 Å². The summed E-state index contributed by atoms with van der Waals surface area (Å²) >= 11 is 0. The highest BCUT2D eigenvalue weighted by molar-refractivity contribution is 5.96. The number of carbonyl (C=O) groups excluding carboxylic acids is 3. The number of aromatic amines is 1. The molecule has 1 aromatic carbocycles. The smallest absolute Gasteiger partial charge is 0.354 e. The molecule has 3 atom stereocenters. The Morgan fingerprint density at radius 2 is 1.73 bits per heavy atom. The van der Waals surface area contributed by atoms with Crippen molar-refractivity contribution >= 4 is 28.6 Å². The van der Waals surface area contributed by atoms with Crippen molar-refractivity contribution in [2.75, 3.05) is 33.0 Å². The number of alkyl halides is 1. The maximum absolute atomic E-state index is 14.2. The lowest BCUT2D eigenvalue weighted by molar-refractivity contribution is -0.143. The molecule has 4 aliphatic rings. The van der Waals surface area contributed by atoms with Crippen molar-refractivity contribution in [2.45, 2.75) is 95.6 Å². The molecular weight excluding hydrogens is 573 g/mol. The first-order valence-corrected chi connectivity index (χ1v) is 17.4. The second-order valence-corrected chi connectivity index (χ2v) is 14.2. The molecule has 2 saturated carbocycles. The van der Waals surface area contributed by atoms with E-state index in [0.717, 1.165) is 61.4 Å². The minimum Gasteiger partial charge on any atom is -0.461 e. The first kappa shape index (κ1) is 32.2. The normalized spacial score (nSPS) is 27.5. The van der Waals surface area contributed by atoms with Crippen LogP contribution in [0.3, 0.4) is 0 Å². The van der Waals surface area contributed by atoms with E-state index in [1.54, 1.807) is 6.07 Å². The lowest BCUT2D eigenvalue weighted by atomic mass is 9.75. The number of hydrogen-bond donors (Lipinski definition) is 2. The quantitative estimate of drug-likeness (QED) is 0.325. The molecule has 1 amide bonds. The number of aromatic nitrogens is 1. The fraction of sp³-hybridized carbons (Fsp3) is 0.694. The number of esters is 1. The fourth-order valence-electron chi connectivity index (χ4n) is 8.58. The molecule has 1 aromatic heterocycles. The number of ether oxygens (including phenoxy) is 2. The Hall–Kier alpha value is -2.78. The first-order valence-electron chi connectivity index (χ1n) is 17.4. The molecule has 2 aliphatic heterocycles. The molecule has 3 heterocycles. The number of rotatable bonds is 10. The number of benzene rings is 1. The summed E-state index contributed by atoms with van der Waals surface area (Å²) in [6.45, 7) is 1.93. The van der Waals surface area contributed by atoms with Gasteiger partial charge in [0.1, 0.15) is 12.4 Å². The van der Waals surface area contributed by atoms with E-state index in [-0.39, 0.29) is 41.8 Å². The van der Waals surface area contributed by atoms with E-state index in [2.05, 4.69) is 4.98 Å². The number of nitrogens with one attached hydrogen (secondary N) is 1. The zero-order valence-electron chi connectivity index (χ0n) is 26.5. The van der Waals surface area contributed by atoms with Crippen LogP contribution >= 0.6 is 0 Å². The largest absolute Gasteiger partial charge is 0.461 e. The molecule has 0 radical (unpaired) electrons. The molecular formula is C36H50FN3O5. The van der Waals surface area contributed by atoms with Crippen LogP contribution < -0.4 is 5.73 Å². The maximum Gasteiger partial charge on any atom is 0.354 e. The van der Waals surface area contributed by atoms with Crippen LogP contribution in [-0.4, -0.2) is 72.7 Å². The summed E-state index contributed by atoms with van der Waals surface area (Å²) in [4.78, 5) is 46.0. The summed E-state index contributed by atoms with van der Waals surface area (Å²) in [5, 5.41) is 0.866. The van der Waals surface area contributed by atoms with Gasteiger partial charge in [0, 0.05) is 49.0 Å². The Balaban J connectivity index is 1.14. The summed E-state index contributed by atoms with van der Waals surface area (Å²) in [6, 6.07) is 6.80. The number of likely N-dealkylation sites (tertiary alicyclic amines) is 1. The van der Waals surface area contributed by atoms with Crippen LogP contribution in [0.1, 0.15) is 93.1 Å². The monoisotopic (exact) mass is 623 g/mol. The van der Waals surface area contributed by atoms with Gasteiger partial charge in [0.15, 0.2) is 5.78 Å². The average Bonchev–Trinajstić information content (AvgIpc) is 3.72. The lowest BCUT2D eigenvalue weighted by Crippen LogP contribution is -2.48. The van der Waals surface area contributed by atoms with Gasteiger partial charge in [-0.05, 0) is 92.4 Å². The molecule has 45 heavy (non-hydrogen) atoms. The minimum absolute atomic E-state index is 0.101. The summed E-state index contributed by atoms with van der Waals surface area (Å²) in [7, 11) is 0. The SMILES string of the molecule is N[C@H](CF)C1CCC(C(=O)N2CC[C@@H](C3CCCCC3)[C@H]2C(=O)Cc2ccc3[nH]c(C(=O)OCC4CCOCC4)cc3c2)CC1. The molecule has 3 N–H and O–H groups in total. The lowest BCUT2D eigenvalue weighted by Gasteiger charge is -2.37. The standard InChI is InChI=1S/C36H50FN3O5/c37-21-30(38)26-7-9-27(10-8-26)35(42)40-15-12-29(25-4-2-1-3-5-25)34(40)33(41)19-24-6-11-31-28(18-24)20-32(39-31)36(43)45-22-23-13-16-44-17-14-23/h6,11,18,20,23,25-27,29-30,34,39H,1-5,7-10,12-17,19,21-22,38H2/t26?,27?,29-,30+,34-/m0/s1. The van der Waals surface area contributed by atoms with Gasteiger partial charge in [-0.2, -0.15) is 0 Å². The van der Waals surface area contributed by atoms with E-state index in [1.165, 1.54) is 19.3 Å². The summed E-state index contributed by atoms with van der Waals surface area (Å²) in [5.41, 5.74) is 8.10. The average molecular weight is 624 g/mol. The Kier molecular flexibility index (Phi) is 10.6. The number of Topliss-reactive ketones (excluding diaryl/α,β-unsaturated/α-hetero) is 1. The zero-order chi connectivity index (χ0) is 31.3. The van der Waals surface area contributed by atoms with Gasteiger partial charge in [-0.1, -0.05) is 38.2 Å². The number of H-pyrrole nitrogens is 1. The van der Waals surface area contributed by atoms with Crippen molar-refractivity contribution in [3.8, 4) is 0 Å². The van der Waals surface area contributed by atoms with Gasteiger partial charge in [0.25, 0.3) is 0 Å². The van der Waals surface area contributed by atoms with Crippen LogP contribution in [0.25, 0.3) is 10.9 Å². The van der Waals surface area contributed by atoms with E-state index in [0.29, 0.717) is 56.7 Å². The molecule has 9 heteroatoms. The number of carbonyl (C=O) groups is 3. The number of nitrogens with zero attached hydrogens (tertiary/aromatic N) is 1. The topological polar surface area (TPSA) is 115 Å². The van der Waals surface area contributed by atoms with Crippen LogP contribution in [0.5, 0.6) is 0 Å². The second-order valence-electron chi connectivity index (χ2n) is 14.2. The van der Waals surface area contributed by atoms with Crippen molar-refractivity contribution in [2.24, 2.45) is 35.3 Å². The van der Waals surface area contributed by atoms with Gasteiger partial charge < -0.3 is 25.1 Å². The number of fused-ring (bicyclic) bond motifs is 1. The molecule has 2 aromatic rings. The molecule has 4 fully saturated rings. The zero-order valence-corrected chi connectivity index (χ0v) is 26.5. The Morgan fingerprint density at radius 1 is 0.978 bits per heavy atom. The van der Waals surface area contributed by atoms with Crippen LogP contribution in [0.15, 0.2) is 24.3 Å². The van der Waals surface area contributed by atoms with Crippen LogP contribution in [0.4, 0.5) is 4.39 Å². The van der Waals surface area contributed by atoms with Gasteiger partial charge in [-0.3, -0.25) is 9.59 Å². The Bertz CT molecular complexity index is 1330. The summed E-state index contributed by atoms with van der Waals surface area (Å²) < 4.78 is 24.2. The third kappa shape index (κ3) is 7.46. The molecule has 0 bridgehead atoms. The summed E-state index contributed by atoms with van der Waals surface area (Å²) in [6.07, 6.45) is 11.8. The van der Waals surface area contributed by atoms with Crippen LogP contribution in [0, 0.1) is 29.6 Å². The van der Waals surface area contributed by atoms with E-state index in [1.807, 2.05) is 23.1 Å². The highest BCUT2D eigenvalue weighted by Crippen LogP contribution is 2.41. The Labute approximate surface area is 265 Å². The number of amides is 1. The van der Waals surface area contributed by atoms with E-state index >= 15 is 0 Å². The van der Waals surface area contributed by atoms with Crippen LogP contribution in [0.2, 0.25) is 0 Å². The predicted molar refractivity (Wildman–Crippen MR) is 170 cm³/mol. The number of halogens is 1. The Morgan fingerprint density at radius 3 is 2.47 bits per heavy atom. The van der Waals surface area contributed by atoms with Crippen molar-refractivity contribution in [3.63, 3.8) is 0 Å². The van der Waals surface area contributed by atoms with E-state index in [4.69, 9.17) is 15.2 Å². The van der Waals surface area contributed by atoms with Gasteiger partial charge >= 0.3 is 5.97 Å². The van der Waals surface area contributed by atoms with Crippen molar-refractivity contribution in [1.29, 1.82) is 0 Å². The van der Waals surface area contributed by atoms with E-state index < -0.39 is 18.8 Å². The van der Waals surface area contributed by atoms with Gasteiger partial charge in [-0.25, -0.2) is 9.18 Å². The molecule has 6 rings (SSSR count). The molecule has 246 valence electrons. The van der Waals surface area contributed by atoms with Crippen LogP contribution in [-0.2, 0) is 25.5 Å². The van der Waals surface area contributed by atoms with Crippen molar-refractivity contribution in [3.05, 3.63) is 35.5 Å². The molecule has 0 unspecified atom stereocenters. The third-order valence-corrected chi connectivity index (χ3v) is 11.3. The number of nitrogens with two attached hydrogens (primary N) is 1.